The molecule has 0 saturated carbocycles. The summed E-state index contributed by atoms with van der Waals surface area (Å²) < 4.78 is 16.1. The minimum atomic E-state index is -0.631. The van der Waals surface area contributed by atoms with Crippen LogP contribution >= 0.6 is 11.6 Å². The standard InChI is InChI=1S/C18H18ClNO5/c1-4-24-20-17(16-14(22-2)9-6-10-15(16)23-3)25-18(21)12-7-5-8-13(19)11-12/h5-11H,4H2,1-3H3/b20-17-. The lowest BCUT2D eigenvalue weighted by Crippen LogP contribution is -2.16. The largest absolute Gasteiger partial charge is 0.496 e. The van der Waals surface area contributed by atoms with Crippen LogP contribution in [0.4, 0.5) is 0 Å². The van der Waals surface area contributed by atoms with Crippen molar-refractivity contribution in [2.45, 2.75) is 6.92 Å². The molecule has 0 bridgehead atoms. The number of benzene rings is 2. The average Bonchev–Trinajstić information content (AvgIpc) is 2.64. The molecule has 0 aromatic heterocycles. The first-order valence-corrected chi connectivity index (χ1v) is 7.87. The van der Waals surface area contributed by atoms with Crippen molar-refractivity contribution in [3.05, 3.63) is 58.6 Å². The van der Waals surface area contributed by atoms with Gasteiger partial charge in [0.1, 0.15) is 23.7 Å². The Kier molecular flexibility index (Phi) is 6.65. The third-order valence-electron chi connectivity index (χ3n) is 3.17. The molecule has 0 spiro atoms. The Morgan fingerprint density at radius 2 is 1.72 bits per heavy atom. The van der Waals surface area contributed by atoms with Crippen molar-refractivity contribution in [1.29, 1.82) is 0 Å². The number of rotatable bonds is 6. The van der Waals surface area contributed by atoms with Crippen molar-refractivity contribution in [2.24, 2.45) is 5.16 Å². The first-order valence-electron chi connectivity index (χ1n) is 7.49. The number of carbonyl (C=O) groups excluding carboxylic acids is 1. The van der Waals surface area contributed by atoms with E-state index in [2.05, 4.69) is 5.16 Å². The summed E-state index contributed by atoms with van der Waals surface area (Å²) in [6.45, 7) is 2.06. The number of esters is 1. The fraction of sp³-hybridized carbons (Fsp3) is 0.222. The van der Waals surface area contributed by atoms with E-state index in [-0.39, 0.29) is 11.5 Å². The molecule has 0 N–H and O–H groups in total. The van der Waals surface area contributed by atoms with Gasteiger partial charge in [-0.15, -0.1) is 0 Å². The van der Waals surface area contributed by atoms with Gasteiger partial charge < -0.3 is 19.0 Å². The highest BCUT2D eigenvalue weighted by Crippen LogP contribution is 2.30. The first kappa shape index (κ1) is 18.6. The molecule has 0 aliphatic carbocycles. The second-order valence-electron chi connectivity index (χ2n) is 4.75. The minimum absolute atomic E-state index is 0.0684. The molecule has 6 nitrogen and oxygen atoms in total. The molecule has 0 aliphatic rings. The second-order valence-corrected chi connectivity index (χ2v) is 5.19. The van der Waals surface area contributed by atoms with Crippen LogP contribution in [0.25, 0.3) is 0 Å². The molecular weight excluding hydrogens is 346 g/mol. The smallest absolute Gasteiger partial charge is 0.345 e. The van der Waals surface area contributed by atoms with Crippen LogP contribution in [0, 0.1) is 0 Å². The third kappa shape index (κ3) is 4.64. The van der Waals surface area contributed by atoms with Gasteiger partial charge in [0.25, 0.3) is 5.90 Å². The van der Waals surface area contributed by atoms with Crippen LogP contribution in [0.3, 0.4) is 0 Å². The topological polar surface area (TPSA) is 66.4 Å². The average molecular weight is 364 g/mol. The lowest BCUT2D eigenvalue weighted by molar-refractivity contribution is 0.0693. The molecule has 132 valence electrons. The maximum Gasteiger partial charge on any atom is 0.345 e. The van der Waals surface area contributed by atoms with Gasteiger partial charge >= 0.3 is 5.97 Å². The summed E-state index contributed by atoms with van der Waals surface area (Å²) >= 11 is 5.92. The van der Waals surface area contributed by atoms with Gasteiger partial charge in [-0.1, -0.05) is 23.7 Å². The highest BCUT2D eigenvalue weighted by molar-refractivity contribution is 6.31. The number of methoxy groups -OCH3 is 2. The van der Waals surface area contributed by atoms with E-state index in [1.165, 1.54) is 20.3 Å². The highest BCUT2D eigenvalue weighted by atomic mass is 35.5. The van der Waals surface area contributed by atoms with E-state index < -0.39 is 5.97 Å². The fourth-order valence-corrected chi connectivity index (χ4v) is 2.25. The summed E-state index contributed by atoms with van der Waals surface area (Å²) in [5.74, 6) is 0.156. The molecule has 0 radical (unpaired) electrons. The number of hydrogen-bond acceptors (Lipinski definition) is 6. The molecule has 2 rings (SSSR count). The molecule has 2 aromatic carbocycles. The zero-order chi connectivity index (χ0) is 18.2. The minimum Gasteiger partial charge on any atom is -0.496 e. The summed E-state index contributed by atoms with van der Waals surface area (Å²) in [6, 6.07) is 11.6. The normalized spacial score (nSPS) is 11.0. The van der Waals surface area contributed by atoms with Crippen molar-refractivity contribution in [1.82, 2.24) is 0 Å². The predicted molar refractivity (Wildman–Crippen MR) is 94.6 cm³/mol. The van der Waals surface area contributed by atoms with Gasteiger partial charge in [0.2, 0.25) is 0 Å². The zero-order valence-corrected chi connectivity index (χ0v) is 14.9. The predicted octanol–water partition coefficient (Wildman–Crippen LogP) is 3.91. The molecule has 0 heterocycles. The molecule has 0 saturated heterocycles. The number of oxime groups is 1. The maximum atomic E-state index is 12.4. The monoisotopic (exact) mass is 363 g/mol. The van der Waals surface area contributed by atoms with Crippen LogP contribution in [0.5, 0.6) is 11.5 Å². The zero-order valence-electron chi connectivity index (χ0n) is 14.1. The van der Waals surface area contributed by atoms with Gasteiger partial charge in [0.05, 0.1) is 19.8 Å². The molecule has 0 atom stereocenters. The van der Waals surface area contributed by atoms with Crippen molar-refractivity contribution in [3.63, 3.8) is 0 Å². The van der Waals surface area contributed by atoms with E-state index in [4.69, 9.17) is 30.6 Å². The molecular formula is C18H18ClNO5. The Bertz CT molecular complexity index is 754. The van der Waals surface area contributed by atoms with Gasteiger partial charge in [-0.25, -0.2) is 4.79 Å². The van der Waals surface area contributed by atoms with Crippen molar-refractivity contribution in [2.75, 3.05) is 20.8 Å². The summed E-state index contributed by atoms with van der Waals surface area (Å²) in [5, 5.41) is 4.32. The van der Waals surface area contributed by atoms with Gasteiger partial charge in [-0.3, -0.25) is 0 Å². The number of nitrogens with zero attached hydrogens (tertiary/aromatic N) is 1. The molecule has 7 heteroatoms. The quantitative estimate of drug-likeness (QED) is 0.337. The lowest BCUT2D eigenvalue weighted by Gasteiger charge is -2.14. The number of hydrogen-bond donors (Lipinski definition) is 0. The third-order valence-corrected chi connectivity index (χ3v) is 3.40. The van der Waals surface area contributed by atoms with E-state index in [1.54, 1.807) is 43.3 Å². The maximum absolute atomic E-state index is 12.4. The van der Waals surface area contributed by atoms with Gasteiger partial charge in [0.15, 0.2) is 0 Å². The van der Waals surface area contributed by atoms with Crippen molar-refractivity contribution >= 4 is 23.5 Å². The Balaban J connectivity index is 2.43. The van der Waals surface area contributed by atoms with Crippen molar-refractivity contribution < 1.29 is 23.8 Å². The highest BCUT2D eigenvalue weighted by Gasteiger charge is 2.22. The fourth-order valence-electron chi connectivity index (χ4n) is 2.06. The molecule has 25 heavy (non-hydrogen) atoms. The van der Waals surface area contributed by atoms with Gasteiger partial charge in [-0.2, -0.15) is 0 Å². The molecule has 0 aliphatic heterocycles. The van der Waals surface area contributed by atoms with E-state index in [0.29, 0.717) is 28.7 Å². The van der Waals surface area contributed by atoms with Crippen LogP contribution in [0.1, 0.15) is 22.8 Å². The Hall–Kier alpha value is -2.73. The SMILES string of the molecule is CCO/N=C(\OC(=O)c1cccc(Cl)c1)c1c(OC)cccc1OC. The van der Waals surface area contributed by atoms with Gasteiger partial charge in [0, 0.05) is 5.02 Å². The molecule has 0 fully saturated rings. The Morgan fingerprint density at radius 1 is 1.08 bits per heavy atom. The summed E-state index contributed by atoms with van der Waals surface area (Å²) in [6.07, 6.45) is 0. The molecule has 0 unspecified atom stereocenters. The van der Waals surface area contributed by atoms with Crippen LogP contribution in [-0.2, 0) is 9.57 Å². The van der Waals surface area contributed by atoms with Crippen LogP contribution < -0.4 is 9.47 Å². The number of halogens is 1. The van der Waals surface area contributed by atoms with Crippen LogP contribution in [-0.4, -0.2) is 32.7 Å². The van der Waals surface area contributed by atoms with E-state index >= 15 is 0 Å². The molecule has 2 aromatic rings. The van der Waals surface area contributed by atoms with Crippen LogP contribution in [0.2, 0.25) is 5.02 Å². The second kappa shape index (κ2) is 8.94. The Morgan fingerprint density at radius 3 is 2.28 bits per heavy atom. The van der Waals surface area contributed by atoms with E-state index in [9.17, 15) is 4.79 Å². The number of ether oxygens (including phenoxy) is 3. The van der Waals surface area contributed by atoms with Crippen LogP contribution in [0.15, 0.2) is 47.6 Å². The number of carbonyl (C=O) groups is 1. The summed E-state index contributed by atoms with van der Waals surface area (Å²) in [7, 11) is 2.99. The van der Waals surface area contributed by atoms with E-state index in [0.717, 1.165) is 0 Å². The lowest BCUT2D eigenvalue weighted by atomic mass is 10.1. The Labute approximate surface area is 150 Å². The molecule has 0 amide bonds. The summed E-state index contributed by atoms with van der Waals surface area (Å²) in [5.41, 5.74) is 0.655. The van der Waals surface area contributed by atoms with Crippen molar-refractivity contribution in [3.8, 4) is 11.5 Å². The summed E-state index contributed by atoms with van der Waals surface area (Å²) in [4.78, 5) is 17.5. The van der Waals surface area contributed by atoms with Gasteiger partial charge in [-0.05, 0) is 42.4 Å². The van der Waals surface area contributed by atoms with E-state index in [1.807, 2.05) is 0 Å². The first-order chi connectivity index (χ1) is 12.1.